The molecule has 2 bridgehead atoms. The second-order valence-corrected chi connectivity index (χ2v) is 7.06. The maximum Gasteiger partial charge on any atom is 0.250 e. The van der Waals surface area contributed by atoms with E-state index in [1.54, 1.807) is 43.5 Å². The number of nitrogens with zero attached hydrogens (tertiary/aromatic N) is 2. The zero-order valence-electron chi connectivity index (χ0n) is 14.8. The van der Waals surface area contributed by atoms with Gasteiger partial charge >= 0.3 is 0 Å². The van der Waals surface area contributed by atoms with E-state index in [1.807, 2.05) is 16.8 Å². The fourth-order valence-corrected chi connectivity index (χ4v) is 4.08. The SMILES string of the molecule is COc1ccc(C(=O)/C=C/N2C[C@H]3C[C@H](C2)c2cccc(=O)n2C3)cc1. The van der Waals surface area contributed by atoms with E-state index < -0.39 is 0 Å². The van der Waals surface area contributed by atoms with Gasteiger partial charge in [0.05, 0.1) is 7.11 Å². The summed E-state index contributed by atoms with van der Waals surface area (Å²) in [6, 6.07) is 12.7. The first-order valence-electron chi connectivity index (χ1n) is 8.94. The quantitative estimate of drug-likeness (QED) is 0.628. The molecule has 1 aromatic heterocycles. The number of fused-ring (bicyclic) bond motifs is 4. The topological polar surface area (TPSA) is 51.5 Å². The number of hydrogen-bond donors (Lipinski definition) is 0. The molecule has 5 nitrogen and oxygen atoms in total. The molecule has 1 saturated heterocycles. The third-order valence-electron chi connectivity index (χ3n) is 5.32. The van der Waals surface area contributed by atoms with Crippen molar-refractivity contribution in [2.75, 3.05) is 20.2 Å². The van der Waals surface area contributed by atoms with Crippen LogP contribution in [0, 0.1) is 5.92 Å². The molecule has 0 N–H and O–H groups in total. The van der Waals surface area contributed by atoms with E-state index in [-0.39, 0.29) is 11.3 Å². The maximum absolute atomic E-state index is 12.4. The standard InChI is InChI=1S/C21H22N2O3/c1-26-18-7-5-16(6-8-18)20(24)9-10-22-12-15-11-17(14-22)19-3-2-4-21(25)23(19)13-15/h2-10,15,17H,11-14H2,1H3/b10-9+/t15-,17-/m1/s1. The molecule has 2 aliphatic rings. The highest BCUT2D eigenvalue weighted by atomic mass is 16.5. The monoisotopic (exact) mass is 350 g/mol. The highest BCUT2D eigenvalue weighted by Crippen LogP contribution is 2.34. The van der Waals surface area contributed by atoms with E-state index in [2.05, 4.69) is 11.0 Å². The van der Waals surface area contributed by atoms with Crippen molar-refractivity contribution in [2.45, 2.75) is 18.9 Å². The average Bonchev–Trinajstić information content (AvgIpc) is 2.67. The molecule has 0 aliphatic carbocycles. The number of ether oxygens (including phenoxy) is 1. The van der Waals surface area contributed by atoms with Crippen molar-refractivity contribution in [2.24, 2.45) is 5.92 Å². The van der Waals surface area contributed by atoms with Crippen molar-refractivity contribution >= 4 is 5.78 Å². The Kier molecular flexibility index (Phi) is 4.37. The highest BCUT2D eigenvalue weighted by Gasteiger charge is 2.33. The van der Waals surface area contributed by atoms with Crippen LogP contribution in [-0.4, -0.2) is 35.4 Å². The molecule has 0 radical (unpaired) electrons. The van der Waals surface area contributed by atoms with Gasteiger partial charge in [-0.15, -0.1) is 0 Å². The summed E-state index contributed by atoms with van der Waals surface area (Å²) in [7, 11) is 1.61. The molecule has 2 aromatic rings. The van der Waals surface area contributed by atoms with Crippen molar-refractivity contribution in [3.63, 3.8) is 0 Å². The first-order chi connectivity index (χ1) is 12.6. The van der Waals surface area contributed by atoms with Gasteiger partial charge in [0.15, 0.2) is 5.78 Å². The van der Waals surface area contributed by atoms with Gasteiger partial charge in [-0.05, 0) is 42.7 Å². The highest BCUT2D eigenvalue weighted by molar-refractivity contribution is 6.04. The van der Waals surface area contributed by atoms with Crippen molar-refractivity contribution < 1.29 is 9.53 Å². The van der Waals surface area contributed by atoms with E-state index in [1.165, 1.54) is 0 Å². The van der Waals surface area contributed by atoms with Gasteiger partial charge in [-0.25, -0.2) is 0 Å². The summed E-state index contributed by atoms with van der Waals surface area (Å²) in [5, 5.41) is 0. The normalized spacial score (nSPS) is 21.5. The number of carbonyl (C=O) groups is 1. The Morgan fingerprint density at radius 2 is 1.92 bits per heavy atom. The van der Waals surface area contributed by atoms with Crippen LogP contribution in [0.1, 0.15) is 28.4 Å². The van der Waals surface area contributed by atoms with E-state index in [0.29, 0.717) is 17.4 Å². The molecular formula is C21H22N2O3. The summed E-state index contributed by atoms with van der Waals surface area (Å²) in [5.74, 6) is 1.52. The van der Waals surface area contributed by atoms with Crippen LogP contribution < -0.4 is 10.3 Å². The molecule has 0 amide bonds. The summed E-state index contributed by atoms with van der Waals surface area (Å²) in [5.41, 5.74) is 1.86. The molecule has 1 aromatic carbocycles. The van der Waals surface area contributed by atoms with Crippen molar-refractivity contribution in [3.05, 3.63) is 76.4 Å². The van der Waals surface area contributed by atoms with Gasteiger partial charge in [0.25, 0.3) is 5.56 Å². The number of carbonyl (C=O) groups excluding carboxylic acids is 1. The van der Waals surface area contributed by atoms with Crippen molar-refractivity contribution in [3.8, 4) is 5.75 Å². The Hall–Kier alpha value is -2.82. The third kappa shape index (κ3) is 3.17. The largest absolute Gasteiger partial charge is 0.497 e. The number of allylic oxidation sites excluding steroid dienone is 1. The first kappa shape index (κ1) is 16.6. The van der Waals surface area contributed by atoms with Crippen molar-refractivity contribution in [1.29, 1.82) is 0 Å². The molecule has 3 heterocycles. The molecule has 4 rings (SSSR count). The summed E-state index contributed by atoms with van der Waals surface area (Å²) in [4.78, 5) is 26.7. The van der Waals surface area contributed by atoms with Crippen LogP contribution in [0.4, 0.5) is 0 Å². The summed E-state index contributed by atoms with van der Waals surface area (Å²) >= 11 is 0. The molecule has 5 heteroatoms. The zero-order valence-corrected chi connectivity index (χ0v) is 14.8. The number of pyridine rings is 1. The Morgan fingerprint density at radius 3 is 2.69 bits per heavy atom. The maximum atomic E-state index is 12.4. The van der Waals surface area contributed by atoms with E-state index in [0.717, 1.165) is 37.5 Å². The minimum absolute atomic E-state index is 0.0139. The lowest BCUT2D eigenvalue weighted by Gasteiger charge is -2.42. The van der Waals surface area contributed by atoms with Crippen LogP contribution in [0.2, 0.25) is 0 Å². The van der Waals surface area contributed by atoms with Crippen LogP contribution in [0.3, 0.4) is 0 Å². The predicted octanol–water partition coefficient (Wildman–Crippen LogP) is 2.67. The molecule has 2 aliphatic heterocycles. The van der Waals surface area contributed by atoms with Gasteiger partial charge in [0, 0.05) is 55.2 Å². The lowest BCUT2D eigenvalue weighted by atomic mass is 9.83. The fourth-order valence-electron chi connectivity index (χ4n) is 4.08. The minimum Gasteiger partial charge on any atom is -0.497 e. The number of likely N-dealkylation sites (tertiary alicyclic amines) is 1. The smallest absolute Gasteiger partial charge is 0.250 e. The summed E-state index contributed by atoms with van der Waals surface area (Å²) in [6.07, 6.45) is 4.66. The summed E-state index contributed by atoms with van der Waals surface area (Å²) < 4.78 is 7.04. The van der Waals surface area contributed by atoms with Crippen LogP contribution >= 0.6 is 0 Å². The predicted molar refractivity (Wildman–Crippen MR) is 99.6 cm³/mol. The second-order valence-electron chi connectivity index (χ2n) is 7.06. The minimum atomic E-state index is -0.0139. The number of aromatic nitrogens is 1. The Labute approximate surface area is 152 Å². The molecule has 0 unspecified atom stereocenters. The van der Waals surface area contributed by atoms with Gasteiger partial charge in [-0.3, -0.25) is 9.59 Å². The Morgan fingerprint density at radius 1 is 1.12 bits per heavy atom. The zero-order chi connectivity index (χ0) is 18.1. The van der Waals surface area contributed by atoms with E-state index >= 15 is 0 Å². The lowest BCUT2D eigenvalue weighted by molar-refractivity contribution is 0.104. The Bertz CT molecular complexity index is 898. The van der Waals surface area contributed by atoms with Gasteiger partial charge < -0.3 is 14.2 Å². The number of ketones is 1. The van der Waals surface area contributed by atoms with Crippen molar-refractivity contribution in [1.82, 2.24) is 9.47 Å². The van der Waals surface area contributed by atoms with Crippen LogP contribution in [0.15, 0.2) is 59.5 Å². The van der Waals surface area contributed by atoms with Crippen LogP contribution in [0.5, 0.6) is 5.75 Å². The molecule has 2 atom stereocenters. The first-order valence-corrected chi connectivity index (χ1v) is 8.94. The van der Waals surface area contributed by atoms with Crippen LogP contribution in [-0.2, 0) is 6.54 Å². The summed E-state index contributed by atoms with van der Waals surface area (Å²) in [6.45, 7) is 2.48. The van der Waals surface area contributed by atoms with E-state index in [9.17, 15) is 9.59 Å². The average molecular weight is 350 g/mol. The number of hydrogen-bond acceptors (Lipinski definition) is 4. The number of benzene rings is 1. The fraction of sp³-hybridized carbons (Fsp3) is 0.333. The molecule has 1 fully saturated rings. The van der Waals surface area contributed by atoms with Crippen LogP contribution in [0.25, 0.3) is 0 Å². The van der Waals surface area contributed by atoms with Gasteiger partial charge in [0.1, 0.15) is 5.75 Å². The second kappa shape index (κ2) is 6.83. The number of piperidine rings is 1. The Balaban J connectivity index is 1.47. The molecule has 134 valence electrons. The lowest BCUT2D eigenvalue weighted by Crippen LogP contribution is -2.45. The van der Waals surface area contributed by atoms with E-state index in [4.69, 9.17) is 4.74 Å². The van der Waals surface area contributed by atoms with Gasteiger partial charge in [-0.1, -0.05) is 6.07 Å². The molecular weight excluding hydrogens is 328 g/mol. The van der Waals surface area contributed by atoms with Gasteiger partial charge in [0.2, 0.25) is 0 Å². The molecule has 0 spiro atoms. The third-order valence-corrected chi connectivity index (χ3v) is 5.32. The molecule has 0 saturated carbocycles. The number of methoxy groups -OCH3 is 1. The van der Waals surface area contributed by atoms with Gasteiger partial charge in [-0.2, -0.15) is 0 Å². The molecule has 26 heavy (non-hydrogen) atoms. The number of rotatable bonds is 4.